The molecule has 1 amide bonds. The van der Waals surface area contributed by atoms with E-state index in [0.29, 0.717) is 51.4 Å². The number of hydrogen-bond acceptors (Lipinski definition) is 8. The summed E-state index contributed by atoms with van der Waals surface area (Å²) in [4.78, 5) is 30.9. The molecule has 2 aromatic carbocycles. The van der Waals surface area contributed by atoms with Crippen molar-refractivity contribution in [3.8, 4) is 11.8 Å². The van der Waals surface area contributed by atoms with Gasteiger partial charge >= 0.3 is 6.01 Å². The predicted molar refractivity (Wildman–Crippen MR) is 169 cm³/mol. The molecule has 1 saturated heterocycles. The van der Waals surface area contributed by atoms with Crippen LogP contribution in [0.25, 0.3) is 10.8 Å². The maximum atomic E-state index is 12.2. The van der Waals surface area contributed by atoms with Crippen LogP contribution in [-0.4, -0.2) is 89.2 Å². The number of rotatable bonds is 11. The number of phenols is 1. The molecular formula is C33H44N6O3. The molecule has 1 fully saturated rings. The van der Waals surface area contributed by atoms with E-state index in [2.05, 4.69) is 48.1 Å². The third kappa shape index (κ3) is 6.46. The standard InChI is InChI=1S/C33H44N6O3/c1-5-10-24(4)36(7-3)19-20-42-33-34-29-23-39(30-22-26(40)21-25-11-8-9-12-27(25)30)14-13-28(29)32(35-33)38-17-15-37(16-18-38)31(41)6-2/h6,8-9,11-12,21-22,24,40H,2,5,7,10,13-20,23H2,1,3-4H3/t24-/m1/s1. The molecule has 0 saturated carbocycles. The topological polar surface area (TPSA) is 85.3 Å². The molecule has 2 aliphatic rings. The van der Waals surface area contributed by atoms with Gasteiger partial charge in [-0.25, -0.2) is 0 Å². The van der Waals surface area contributed by atoms with E-state index in [-0.39, 0.29) is 11.7 Å². The average Bonchev–Trinajstić information content (AvgIpc) is 3.01. The second-order valence-electron chi connectivity index (χ2n) is 11.2. The van der Waals surface area contributed by atoms with Gasteiger partial charge in [0.15, 0.2) is 0 Å². The van der Waals surface area contributed by atoms with Gasteiger partial charge in [-0.1, -0.05) is 51.1 Å². The summed E-state index contributed by atoms with van der Waals surface area (Å²) in [6.07, 6.45) is 4.48. The molecule has 5 rings (SSSR count). The fourth-order valence-corrected chi connectivity index (χ4v) is 6.27. The van der Waals surface area contributed by atoms with Gasteiger partial charge < -0.3 is 24.5 Å². The third-order valence-electron chi connectivity index (χ3n) is 8.60. The van der Waals surface area contributed by atoms with Crippen molar-refractivity contribution in [1.29, 1.82) is 0 Å². The van der Waals surface area contributed by atoms with E-state index in [4.69, 9.17) is 14.7 Å². The molecule has 224 valence electrons. The third-order valence-corrected chi connectivity index (χ3v) is 8.60. The summed E-state index contributed by atoms with van der Waals surface area (Å²) in [5, 5.41) is 12.6. The first-order valence-electron chi connectivity index (χ1n) is 15.3. The van der Waals surface area contributed by atoms with Crippen LogP contribution in [0.4, 0.5) is 11.5 Å². The summed E-state index contributed by atoms with van der Waals surface area (Å²) in [5.41, 5.74) is 3.09. The van der Waals surface area contributed by atoms with Gasteiger partial charge in [0, 0.05) is 68.0 Å². The number of fused-ring (bicyclic) bond motifs is 2. The number of benzene rings is 2. The van der Waals surface area contributed by atoms with Gasteiger partial charge in [0.05, 0.1) is 12.2 Å². The van der Waals surface area contributed by atoms with E-state index in [9.17, 15) is 9.90 Å². The van der Waals surface area contributed by atoms with Crippen LogP contribution < -0.4 is 14.5 Å². The number of aromatic hydroxyl groups is 1. The smallest absolute Gasteiger partial charge is 0.318 e. The number of aromatic nitrogens is 2. The summed E-state index contributed by atoms with van der Waals surface area (Å²) in [6.45, 7) is 16.7. The Hall–Kier alpha value is -3.85. The molecule has 0 spiro atoms. The first kappa shape index (κ1) is 29.6. The highest BCUT2D eigenvalue weighted by atomic mass is 16.5. The van der Waals surface area contributed by atoms with E-state index in [1.165, 1.54) is 6.08 Å². The minimum absolute atomic E-state index is 0.0323. The van der Waals surface area contributed by atoms with Gasteiger partial charge in [-0.2, -0.15) is 9.97 Å². The lowest BCUT2D eigenvalue weighted by Gasteiger charge is -2.38. The summed E-state index contributed by atoms with van der Waals surface area (Å²) in [7, 11) is 0. The molecular weight excluding hydrogens is 528 g/mol. The van der Waals surface area contributed by atoms with Crippen molar-refractivity contribution in [3.05, 3.63) is 60.3 Å². The highest BCUT2D eigenvalue weighted by Crippen LogP contribution is 2.36. The molecule has 0 radical (unpaired) electrons. The van der Waals surface area contributed by atoms with Crippen molar-refractivity contribution in [3.63, 3.8) is 0 Å². The number of phenolic OH excluding ortho intramolecular Hbond substituents is 1. The highest BCUT2D eigenvalue weighted by molar-refractivity contribution is 5.95. The second-order valence-corrected chi connectivity index (χ2v) is 11.2. The van der Waals surface area contributed by atoms with Crippen LogP contribution in [0.5, 0.6) is 11.8 Å². The van der Waals surface area contributed by atoms with E-state index >= 15 is 0 Å². The normalized spacial score (nSPS) is 16.0. The Morgan fingerprint density at radius 1 is 1.12 bits per heavy atom. The number of carbonyl (C=O) groups is 1. The number of amides is 1. The molecule has 9 heteroatoms. The van der Waals surface area contributed by atoms with Crippen LogP contribution in [0.1, 0.15) is 44.9 Å². The Bertz CT molecular complexity index is 1400. The van der Waals surface area contributed by atoms with E-state index in [1.54, 1.807) is 6.07 Å². The van der Waals surface area contributed by atoms with Crippen molar-refractivity contribution >= 4 is 28.2 Å². The van der Waals surface area contributed by atoms with E-state index in [0.717, 1.165) is 72.4 Å². The summed E-state index contributed by atoms with van der Waals surface area (Å²) in [6, 6.07) is 12.7. The van der Waals surface area contributed by atoms with Crippen LogP contribution >= 0.6 is 0 Å². The molecule has 0 aliphatic carbocycles. The zero-order chi connectivity index (χ0) is 29.6. The number of hydrogen-bond donors (Lipinski definition) is 1. The largest absolute Gasteiger partial charge is 0.508 e. The van der Waals surface area contributed by atoms with Gasteiger partial charge in [0.1, 0.15) is 18.2 Å². The van der Waals surface area contributed by atoms with Gasteiger partial charge in [-0.3, -0.25) is 9.69 Å². The monoisotopic (exact) mass is 572 g/mol. The zero-order valence-electron chi connectivity index (χ0n) is 25.3. The maximum absolute atomic E-state index is 12.2. The quantitative estimate of drug-likeness (QED) is 0.333. The fraction of sp³-hybridized carbons (Fsp3) is 0.485. The van der Waals surface area contributed by atoms with Gasteiger partial charge in [-0.05, 0) is 43.8 Å². The SMILES string of the molecule is C=CC(=O)N1CCN(c2nc(OCCN(CC)[C@H](C)CCC)nc3c2CCN(c2cc(O)cc4ccccc24)C3)CC1. The minimum Gasteiger partial charge on any atom is -0.508 e. The Morgan fingerprint density at radius 3 is 2.64 bits per heavy atom. The molecule has 42 heavy (non-hydrogen) atoms. The van der Waals surface area contributed by atoms with Crippen molar-refractivity contribution in [1.82, 2.24) is 19.8 Å². The molecule has 1 atom stereocenters. The van der Waals surface area contributed by atoms with Crippen LogP contribution in [0.3, 0.4) is 0 Å². The molecule has 2 aliphatic heterocycles. The van der Waals surface area contributed by atoms with Crippen LogP contribution in [0.2, 0.25) is 0 Å². The van der Waals surface area contributed by atoms with Gasteiger partial charge in [-0.15, -0.1) is 0 Å². The minimum atomic E-state index is -0.0323. The molecule has 1 aromatic heterocycles. The van der Waals surface area contributed by atoms with Crippen molar-refractivity contribution in [2.24, 2.45) is 0 Å². The van der Waals surface area contributed by atoms with Crippen molar-refractivity contribution in [2.45, 2.75) is 52.6 Å². The summed E-state index contributed by atoms with van der Waals surface area (Å²) in [5.74, 6) is 1.13. The Labute approximate surface area is 249 Å². The van der Waals surface area contributed by atoms with Crippen molar-refractivity contribution in [2.75, 3.05) is 62.2 Å². The molecule has 3 aromatic rings. The predicted octanol–water partition coefficient (Wildman–Crippen LogP) is 4.62. The average molecular weight is 573 g/mol. The Morgan fingerprint density at radius 2 is 1.90 bits per heavy atom. The molecule has 1 N–H and O–H groups in total. The van der Waals surface area contributed by atoms with Crippen LogP contribution in [0, 0.1) is 0 Å². The molecule has 3 heterocycles. The van der Waals surface area contributed by atoms with E-state index in [1.807, 2.05) is 29.2 Å². The first-order valence-corrected chi connectivity index (χ1v) is 15.3. The molecule has 9 nitrogen and oxygen atoms in total. The number of ether oxygens (including phenoxy) is 1. The van der Waals surface area contributed by atoms with Crippen LogP contribution in [-0.2, 0) is 17.8 Å². The number of likely N-dealkylation sites (N-methyl/N-ethyl adjacent to an activating group) is 1. The lowest BCUT2D eigenvalue weighted by molar-refractivity contribution is -0.126. The summed E-state index contributed by atoms with van der Waals surface area (Å²) < 4.78 is 6.24. The number of nitrogens with zero attached hydrogens (tertiary/aromatic N) is 6. The Balaban J connectivity index is 1.42. The van der Waals surface area contributed by atoms with Gasteiger partial charge in [0.2, 0.25) is 5.91 Å². The van der Waals surface area contributed by atoms with Crippen molar-refractivity contribution < 1.29 is 14.6 Å². The number of carbonyl (C=O) groups excluding carboxylic acids is 1. The Kier molecular flexibility index (Phi) is 9.47. The number of anilines is 2. The lowest BCUT2D eigenvalue weighted by Crippen LogP contribution is -2.49. The first-order chi connectivity index (χ1) is 20.4. The van der Waals surface area contributed by atoms with Gasteiger partial charge in [0.25, 0.3) is 0 Å². The maximum Gasteiger partial charge on any atom is 0.318 e. The molecule has 0 unspecified atom stereocenters. The van der Waals surface area contributed by atoms with Crippen LogP contribution in [0.15, 0.2) is 49.1 Å². The van der Waals surface area contributed by atoms with E-state index < -0.39 is 0 Å². The molecule has 0 bridgehead atoms. The summed E-state index contributed by atoms with van der Waals surface area (Å²) >= 11 is 0. The number of piperazine rings is 1. The second kappa shape index (κ2) is 13.4. The zero-order valence-corrected chi connectivity index (χ0v) is 25.3. The fourth-order valence-electron chi connectivity index (χ4n) is 6.27. The highest BCUT2D eigenvalue weighted by Gasteiger charge is 2.29. The lowest BCUT2D eigenvalue weighted by atomic mass is 10.0.